The number of hydrogen-bond donors (Lipinski definition) is 1. The average Bonchev–Trinajstić information content (AvgIpc) is 2.99. The van der Waals surface area contributed by atoms with Gasteiger partial charge in [-0.1, -0.05) is 18.2 Å². The first kappa shape index (κ1) is 14.8. The first-order valence-electron chi connectivity index (χ1n) is 6.72. The summed E-state index contributed by atoms with van der Waals surface area (Å²) >= 11 is 1.87. The summed E-state index contributed by atoms with van der Waals surface area (Å²) in [4.78, 5) is 2.63. The molecule has 0 amide bonds. The number of fused-ring (bicyclic) bond motifs is 1. The van der Waals surface area contributed by atoms with Crippen molar-refractivity contribution in [2.75, 3.05) is 20.1 Å². The van der Waals surface area contributed by atoms with Gasteiger partial charge in [-0.3, -0.25) is 4.90 Å². The standard InChI is InChI=1S/C15H20N2S.ClH/c1-16-9-13-5-4-8-17(13)10-12-11-18-15-7-3-2-6-14(12)15;/h2-3,6-7,11,13,16H,4-5,8-10H2,1H3;1H. The minimum Gasteiger partial charge on any atom is -0.318 e. The molecular formula is C15H21ClN2S. The van der Waals surface area contributed by atoms with Crippen molar-refractivity contribution in [1.29, 1.82) is 0 Å². The fourth-order valence-corrected chi connectivity index (χ4v) is 3.90. The van der Waals surface area contributed by atoms with E-state index < -0.39 is 0 Å². The summed E-state index contributed by atoms with van der Waals surface area (Å²) in [7, 11) is 2.05. The topological polar surface area (TPSA) is 15.3 Å². The Morgan fingerprint density at radius 3 is 3.05 bits per heavy atom. The molecule has 2 heterocycles. The van der Waals surface area contributed by atoms with E-state index in [0.717, 1.165) is 13.1 Å². The number of rotatable bonds is 4. The molecule has 1 atom stereocenters. The van der Waals surface area contributed by atoms with Gasteiger partial charge in [0.25, 0.3) is 0 Å². The van der Waals surface area contributed by atoms with E-state index in [9.17, 15) is 0 Å². The molecule has 1 aromatic carbocycles. The van der Waals surface area contributed by atoms with Crippen LogP contribution in [0.1, 0.15) is 18.4 Å². The summed E-state index contributed by atoms with van der Waals surface area (Å²) in [5.41, 5.74) is 1.50. The number of benzene rings is 1. The minimum absolute atomic E-state index is 0. The second-order valence-corrected chi connectivity index (χ2v) is 5.99. The SMILES string of the molecule is CNCC1CCCN1Cc1csc2ccccc12.Cl. The summed E-state index contributed by atoms with van der Waals surface area (Å²) in [6, 6.07) is 9.47. The van der Waals surface area contributed by atoms with Gasteiger partial charge in [-0.05, 0) is 48.8 Å². The van der Waals surface area contributed by atoms with Crippen LogP contribution in [0.4, 0.5) is 0 Å². The second kappa shape index (κ2) is 6.71. The van der Waals surface area contributed by atoms with E-state index in [1.165, 1.54) is 35.0 Å². The molecule has 0 spiro atoms. The van der Waals surface area contributed by atoms with E-state index in [0.29, 0.717) is 6.04 Å². The van der Waals surface area contributed by atoms with E-state index in [2.05, 4.69) is 46.9 Å². The van der Waals surface area contributed by atoms with Gasteiger partial charge in [0.15, 0.2) is 0 Å². The molecule has 3 rings (SSSR count). The van der Waals surface area contributed by atoms with Crippen LogP contribution < -0.4 is 5.32 Å². The number of nitrogens with one attached hydrogen (secondary N) is 1. The molecule has 19 heavy (non-hydrogen) atoms. The zero-order valence-electron chi connectivity index (χ0n) is 11.3. The third kappa shape index (κ3) is 3.11. The molecule has 4 heteroatoms. The monoisotopic (exact) mass is 296 g/mol. The Labute approximate surface area is 125 Å². The Bertz CT molecular complexity index is 526. The van der Waals surface area contributed by atoms with Crippen LogP contribution in [0.3, 0.4) is 0 Å². The molecular weight excluding hydrogens is 276 g/mol. The molecule has 0 aliphatic carbocycles. The fraction of sp³-hybridized carbons (Fsp3) is 0.467. The van der Waals surface area contributed by atoms with Crippen molar-refractivity contribution in [1.82, 2.24) is 10.2 Å². The van der Waals surface area contributed by atoms with Gasteiger partial charge in [0.2, 0.25) is 0 Å². The van der Waals surface area contributed by atoms with Gasteiger partial charge in [0.1, 0.15) is 0 Å². The molecule has 1 aromatic heterocycles. The average molecular weight is 297 g/mol. The Morgan fingerprint density at radius 1 is 1.37 bits per heavy atom. The largest absolute Gasteiger partial charge is 0.318 e. The van der Waals surface area contributed by atoms with Crippen LogP contribution in [0.25, 0.3) is 10.1 Å². The highest BCUT2D eigenvalue weighted by atomic mass is 35.5. The van der Waals surface area contributed by atoms with Crippen molar-refractivity contribution >= 4 is 33.8 Å². The smallest absolute Gasteiger partial charge is 0.0346 e. The summed E-state index contributed by atoms with van der Waals surface area (Å²) < 4.78 is 1.41. The molecule has 0 saturated carbocycles. The van der Waals surface area contributed by atoms with E-state index in [-0.39, 0.29) is 12.4 Å². The Morgan fingerprint density at radius 2 is 2.21 bits per heavy atom. The molecule has 104 valence electrons. The first-order valence-corrected chi connectivity index (χ1v) is 7.60. The Balaban J connectivity index is 0.00000133. The summed E-state index contributed by atoms with van der Waals surface area (Å²) in [6.07, 6.45) is 2.68. The minimum atomic E-state index is 0. The van der Waals surface area contributed by atoms with E-state index in [1.807, 2.05) is 11.3 Å². The van der Waals surface area contributed by atoms with Crippen molar-refractivity contribution in [3.63, 3.8) is 0 Å². The van der Waals surface area contributed by atoms with Gasteiger partial charge in [0.05, 0.1) is 0 Å². The number of halogens is 1. The van der Waals surface area contributed by atoms with E-state index in [1.54, 1.807) is 0 Å². The zero-order valence-corrected chi connectivity index (χ0v) is 12.9. The van der Waals surface area contributed by atoms with Gasteiger partial charge >= 0.3 is 0 Å². The number of nitrogens with zero attached hydrogens (tertiary/aromatic N) is 1. The van der Waals surface area contributed by atoms with E-state index >= 15 is 0 Å². The van der Waals surface area contributed by atoms with Crippen LogP contribution in [0.2, 0.25) is 0 Å². The maximum atomic E-state index is 3.32. The van der Waals surface area contributed by atoms with Crippen molar-refractivity contribution in [2.45, 2.75) is 25.4 Å². The molecule has 0 bridgehead atoms. The second-order valence-electron chi connectivity index (χ2n) is 5.08. The molecule has 0 radical (unpaired) electrons. The molecule has 2 nitrogen and oxygen atoms in total. The molecule has 1 unspecified atom stereocenters. The highest BCUT2D eigenvalue weighted by molar-refractivity contribution is 7.17. The molecule has 1 aliphatic rings. The van der Waals surface area contributed by atoms with Crippen molar-refractivity contribution in [3.05, 3.63) is 35.2 Å². The van der Waals surface area contributed by atoms with Gasteiger partial charge in [-0.25, -0.2) is 0 Å². The summed E-state index contributed by atoms with van der Waals surface area (Å²) in [5, 5.41) is 7.09. The van der Waals surface area contributed by atoms with Gasteiger partial charge in [-0.2, -0.15) is 0 Å². The number of likely N-dealkylation sites (N-methyl/N-ethyl adjacent to an activating group) is 1. The molecule has 1 saturated heterocycles. The van der Waals surface area contributed by atoms with Crippen LogP contribution in [0, 0.1) is 0 Å². The zero-order chi connectivity index (χ0) is 12.4. The number of likely N-dealkylation sites (tertiary alicyclic amines) is 1. The third-order valence-corrected chi connectivity index (χ3v) is 4.89. The highest BCUT2D eigenvalue weighted by Crippen LogP contribution is 2.28. The Hall–Kier alpha value is -0.610. The van der Waals surface area contributed by atoms with Crippen LogP contribution in [0.5, 0.6) is 0 Å². The van der Waals surface area contributed by atoms with Crippen molar-refractivity contribution < 1.29 is 0 Å². The molecule has 1 fully saturated rings. The molecule has 1 aliphatic heterocycles. The maximum absolute atomic E-state index is 3.32. The van der Waals surface area contributed by atoms with Crippen molar-refractivity contribution in [3.8, 4) is 0 Å². The van der Waals surface area contributed by atoms with Crippen LogP contribution in [0.15, 0.2) is 29.6 Å². The fourth-order valence-electron chi connectivity index (χ4n) is 2.94. The quantitative estimate of drug-likeness (QED) is 0.929. The molecule has 2 aromatic rings. The predicted molar refractivity (Wildman–Crippen MR) is 86.4 cm³/mol. The predicted octanol–water partition coefficient (Wildman–Crippen LogP) is 3.51. The highest BCUT2D eigenvalue weighted by Gasteiger charge is 2.24. The Kier molecular flexibility index (Phi) is 5.22. The lowest BCUT2D eigenvalue weighted by Gasteiger charge is -2.23. The summed E-state index contributed by atoms with van der Waals surface area (Å²) in [6.45, 7) is 3.47. The lowest BCUT2D eigenvalue weighted by Crippen LogP contribution is -2.36. The lowest BCUT2D eigenvalue weighted by atomic mass is 10.1. The molecule has 1 N–H and O–H groups in total. The number of thiophene rings is 1. The van der Waals surface area contributed by atoms with Gasteiger partial charge < -0.3 is 5.32 Å². The van der Waals surface area contributed by atoms with E-state index in [4.69, 9.17) is 0 Å². The summed E-state index contributed by atoms with van der Waals surface area (Å²) in [5.74, 6) is 0. The van der Waals surface area contributed by atoms with Gasteiger partial charge in [-0.15, -0.1) is 23.7 Å². The number of hydrogen-bond acceptors (Lipinski definition) is 3. The van der Waals surface area contributed by atoms with Crippen LogP contribution in [-0.4, -0.2) is 31.1 Å². The normalized spacial score (nSPS) is 19.7. The first-order chi connectivity index (χ1) is 8.88. The third-order valence-electron chi connectivity index (χ3n) is 3.87. The maximum Gasteiger partial charge on any atom is 0.0346 e. The van der Waals surface area contributed by atoms with Crippen molar-refractivity contribution in [2.24, 2.45) is 0 Å². The van der Waals surface area contributed by atoms with Gasteiger partial charge in [0, 0.05) is 23.8 Å². The lowest BCUT2D eigenvalue weighted by molar-refractivity contribution is 0.243. The van der Waals surface area contributed by atoms with Crippen LogP contribution in [-0.2, 0) is 6.54 Å². The van der Waals surface area contributed by atoms with Crippen LogP contribution >= 0.6 is 23.7 Å².